The molecular formula is C24H28ClN3O2S. The highest BCUT2D eigenvalue weighted by molar-refractivity contribution is 7.22. The van der Waals surface area contributed by atoms with Crippen molar-refractivity contribution in [1.82, 2.24) is 9.88 Å². The van der Waals surface area contributed by atoms with Crippen LogP contribution in [0.5, 0.6) is 0 Å². The zero-order valence-electron chi connectivity index (χ0n) is 17.7. The van der Waals surface area contributed by atoms with Gasteiger partial charge in [-0.15, -0.1) is 12.4 Å². The van der Waals surface area contributed by atoms with Crippen molar-refractivity contribution in [3.05, 3.63) is 65.7 Å². The van der Waals surface area contributed by atoms with E-state index in [1.54, 1.807) is 17.4 Å². The Morgan fingerprint density at radius 3 is 2.71 bits per heavy atom. The van der Waals surface area contributed by atoms with Crippen LogP contribution in [-0.4, -0.2) is 55.2 Å². The van der Waals surface area contributed by atoms with E-state index in [2.05, 4.69) is 30.0 Å². The van der Waals surface area contributed by atoms with Gasteiger partial charge in [0.25, 0.3) is 5.91 Å². The van der Waals surface area contributed by atoms with Crippen LogP contribution in [0, 0.1) is 0 Å². The minimum Gasteiger partial charge on any atom is -0.379 e. The lowest BCUT2D eigenvalue weighted by atomic mass is 10.2. The van der Waals surface area contributed by atoms with Crippen molar-refractivity contribution in [2.24, 2.45) is 0 Å². The summed E-state index contributed by atoms with van der Waals surface area (Å²) >= 11 is 1.59. The first-order valence-corrected chi connectivity index (χ1v) is 11.3. The zero-order valence-corrected chi connectivity index (χ0v) is 19.3. The molecule has 1 aliphatic rings. The number of amides is 1. The molecule has 0 spiro atoms. The van der Waals surface area contributed by atoms with E-state index in [1.807, 2.05) is 41.3 Å². The molecule has 0 radical (unpaired) electrons. The number of ether oxygens (including phenoxy) is 1. The SMILES string of the molecule is CCc1ccc2nc(N(CCN3CCOCC3)C(=O)/C=C/c3ccccc3)sc2c1.Cl. The molecule has 0 saturated carbocycles. The van der Waals surface area contributed by atoms with Crippen LogP contribution in [0.1, 0.15) is 18.1 Å². The fraction of sp³-hybridized carbons (Fsp3) is 0.333. The van der Waals surface area contributed by atoms with Crippen LogP contribution in [0.4, 0.5) is 5.13 Å². The van der Waals surface area contributed by atoms with Crippen LogP contribution >= 0.6 is 23.7 Å². The topological polar surface area (TPSA) is 45.7 Å². The molecule has 1 saturated heterocycles. The zero-order chi connectivity index (χ0) is 20.8. The number of morpholine rings is 1. The monoisotopic (exact) mass is 457 g/mol. The van der Waals surface area contributed by atoms with E-state index in [-0.39, 0.29) is 18.3 Å². The molecule has 4 rings (SSSR count). The van der Waals surface area contributed by atoms with Gasteiger partial charge in [0.2, 0.25) is 0 Å². The molecule has 1 fully saturated rings. The van der Waals surface area contributed by atoms with Crippen molar-refractivity contribution in [2.45, 2.75) is 13.3 Å². The third-order valence-electron chi connectivity index (χ3n) is 5.31. The predicted molar refractivity (Wildman–Crippen MR) is 131 cm³/mol. The number of hydrogen-bond acceptors (Lipinski definition) is 5. The van der Waals surface area contributed by atoms with E-state index in [1.165, 1.54) is 5.56 Å². The molecule has 164 valence electrons. The molecule has 3 aromatic rings. The highest BCUT2D eigenvalue weighted by atomic mass is 35.5. The summed E-state index contributed by atoms with van der Waals surface area (Å²) in [6, 6.07) is 16.2. The highest BCUT2D eigenvalue weighted by Gasteiger charge is 2.20. The van der Waals surface area contributed by atoms with Gasteiger partial charge in [0.15, 0.2) is 5.13 Å². The highest BCUT2D eigenvalue weighted by Crippen LogP contribution is 2.30. The van der Waals surface area contributed by atoms with Gasteiger partial charge in [-0.1, -0.05) is 54.7 Å². The van der Waals surface area contributed by atoms with Gasteiger partial charge in [-0.3, -0.25) is 14.6 Å². The fourth-order valence-corrected chi connectivity index (χ4v) is 4.54. The Kier molecular flexibility index (Phi) is 8.60. The molecule has 0 aliphatic carbocycles. The maximum absolute atomic E-state index is 13.2. The number of thiazole rings is 1. The maximum atomic E-state index is 13.2. The Balaban J connectivity index is 0.00000272. The number of fused-ring (bicyclic) bond motifs is 1. The number of halogens is 1. The Bertz CT molecular complexity index is 1020. The second-order valence-electron chi connectivity index (χ2n) is 7.34. The quantitative estimate of drug-likeness (QED) is 0.484. The number of nitrogens with zero attached hydrogens (tertiary/aromatic N) is 3. The second kappa shape index (κ2) is 11.4. The number of carbonyl (C=O) groups is 1. The molecule has 31 heavy (non-hydrogen) atoms. The molecule has 0 unspecified atom stereocenters. The summed E-state index contributed by atoms with van der Waals surface area (Å²) in [5, 5.41) is 0.759. The Morgan fingerprint density at radius 1 is 1.19 bits per heavy atom. The molecule has 1 aliphatic heterocycles. The number of anilines is 1. The molecule has 2 heterocycles. The molecular weight excluding hydrogens is 430 g/mol. The van der Waals surface area contributed by atoms with Gasteiger partial charge in [0.05, 0.1) is 23.4 Å². The van der Waals surface area contributed by atoms with Crippen LogP contribution in [0.25, 0.3) is 16.3 Å². The molecule has 0 N–H and O–H groups in total. The predicted octanol–water partition coefficient (Wildman–Crippen LogP) is 4.66. The first-order valence-electron chi connectivity index (χ1n) is 10.5. The summed E-state index contributed by atoms with van der Waals surface area (Å²) in [6.45, 7) is 6.88. The van der Waals surface area contributed by atoms with E-state index in [0.717, 1.165) is 60.2 Å². The standard InChI is InChI=1S/C24H27N3O2S.ClH/c1-2-19-8-10-21-22(18-19)30-24(25-21)27(13-12-26-14-16-29-17-15-26)23(28)11-9-20-6-4-3-5-7-20;/h3-11,18H,2,12-17H2,1H3;1H/b11-9+;. The molecule has 5 nitrogen and oxygen atoms in total. The van der Waals surface area contributed by atoms with E-state index in [9.17, 15) is 4.79 Å². The lowest BCUT2D eigenvalue weighted by Crippen LogP contribution is -2.42. The summed E-state index contributed by atoms with van der Waals surface area (Å²) in [5.74, 6) is -0.0399. The minimum atomic E-state index is -0.0399. The summed E-state index contributed by atoms with van der Waals surface area (Å²) < 4.78 is 6.57. The van der Waals surface area contributed by atoms with Gasteiger partial charge < -0.3 is 4.74 Å². The van der Waals surface area contributed by atoms with Crippen LogP contribution in [0.3, 0.4) is 0 Å². The normalized spacial score (nSPS) is 14.6. The van der Waals surface area contributed by atoms with Gasteiger partial charge in [-0.2, -0.15) is 0 Å². The van der Waals surface area contributed by atoms with Crippen LogP contribution in [0.2, 0.25) is 0 Å². The lowest BCUT2D eigenvalue weighted by molar-refractivity contribution is -0.114. The van der Waals surface area contributed by atoms with Gasteiger partial charge in [-0.05, 0) is 35.8 Å². The molecule has 1 aromatic heterocycles. The van der Waals surface area contributed by atoms with Crippen molar-refractivity contribution in [3.8, 4) is 0 Å². The van der Waals surface area contributed by atoms with Crippen molar-refractivity contribution >= 4 is 51.1 Å². The third kappa shape index (κ3) is 6.14. The summed E-state index contributed by atoms with van der Waals surface area (Å²) in [6.07, 6.45) is 4.51. The third-order valence-corrected chi connectivity index (χ3v) is 6.35. The molecule has 7 heteroatoms. The van der Waals surface area contributed by atoms with E-state index >= 15 is 0 Å². The fourth-order valence-electron chi connectivity index (χ4n) is 3.48. The Labute approximate surface area is 193 Å². The van der Waals surface area contributed by atoms with E-state index in [0.29, 0.717) is 6.54 Å². The molecule has 1 amide bonds. The number of rotatable bonds is 7. The number of aromatic nitrogens is 1. The summed E-state index contributed by atoms with van der Waals surface area (Å²) in [7, 11) is 0. The van der Waals surface area contributed by atoms with Gasteiger partial charge in [0, 0.05) is 32.3 Å². The number of benzene rings is 2. The number of aryl methyl sites for hydroxylation is 1. The smallest absolute Gasteiger partial charge is 0.252 e. The Morgan fingerprint density at radius 2 is 1.97 bits per heavy atom. The summed E-state index contributed by atoms with van der Waals surface area (Å²) in [5.41, 5.74) is 3.24. The number of carbonyl (C=O) groups excluding carboxylic acids is 1. The maximum Gasteiger partial charge on any atom is 0.252 e. The molecule has 2 aromatic carbocycles. The van der Waals surface area contributed by atoms with E-state index < -0.39 is 0 Å². The van der Waals surface area contributed by atoms with Gasteiger partial charge >= 0.3 is 0 Å². The molecule has 0 atom stereocenters. The van der Waals surface area contributed by atoms with Crippen LogP contribution < -0.4 is 4.90 Å². The summed E-state index contributed by atoms with van der Waals surface area (Å²) in [4.78, 5) is 22.1. The van der Waals surface area contributed by atoms with Gasteiger partial charge in [-0.25, -0.2) is 4.98 Å². The first-order chi connectivity index (χ1) is 14.7. The second-order valence-corrected chi connectivity index (χ2v) is 8.35. The average molecular weight is 458 g/mol. The van der Waals surface area contributed by atoms with Crippen molar-refractivity contribution in [2.75, 3.05) is 44.3 Å². The minimum absolute atomic E-state index is 0. The average Bonchev–Trinajstić information content (AvgIpc) is 3.22. The van der Waals surface area contributed by atoms with E-state index in [4.69, 9.17) is 9.72 Å². The van der Waals surface area contributed by atoms with Crippen molar-refractivity contribution in [3.63, 3.8) is 0 Å². The van der Waals surface area contributed by atoms with Crippen LogP contribution in [-0.2, 0) is 16.0 Å². The van der Waals surface area contributed by atoms with Crippen molar-refractivity contribution in [1.29, 1.82) is 0 Å². The lowest BCUT2D eigenvalue weighted by Gasteiger charge is -2.28. The van der Waals surface area contributed by atoms with Crippen LogP contribution in [0.15, 0.2) is 54.6 Å². The van der Waals surface area contributed by atoms with Gasteiger partial charge in [0.1, 0.15) is 0 Å². The number of hydrogen-bond donors (Lipinski definition) is 0. The largest absolute Gasteiger partial charge is 0.379 e. The van der Waals surface area contributed by atoms with Crippen molar-refractivity contribution < 1.29 is 9.53 Å². The first kappa shape index (κ1) is 23.4. The molecule has 0 bridgehead atoms. The Hall–Kier alpha value is -2.25.